The minimum atomic E-state index is 0.211. The van der Waals surface area contributed by atoms with Crippen molar-refractivity contribution < 1.29 is 0 Å². The summed E-state index contributed by atoms with van der Waals surface area (Å²) in [5.41, 5.74) is 1.59. The smallest absolute Gasteiger partial charge is 0.00796 e. The van der Waals surface area contributed by atoms with Crippen LogP contribution < -0.4 is 10.6 Å². The van der Waals surface area contributed by atoms with E-state index in [2.05, 4.69) is 41.7 Å². The van der Waals surface area contributed by atoms with Gasteiger partial charge in [-0.3, -0.25) is 0 Å². The van der Waals surface area contributed by atoms with Crippen LogP contribution in [0.2, 0.25) is 0 Å². The highest BCUT2D eigenvalue weighted by Crippen LogP contribution is 2.21. The number of aromatic nitrogens is 1. The molecule has 1 atom stereocenters. The first-order chi connectivity index (χ1) is 8.18. The molecule has 1 aliphatic heterocycles. The van der Waals surface area contributed by atoms with Crippen LogP contribution in [0.1, 0.15) is 38.7 Å². The topological polar surface area (TPSA) is 39.8 Å². The molecule has 0 aliphatic carbocycles. The molecule has 2 rings (SSSR count). The van der Waals surface area contributed by atoms with Crippen LogP contribution in [0.3, 0.4) is 0 Å². The van der Waals surface area contributed by atoms with Crippen molar-refractivity contribution >= 4 is 0 Å². The minimum Gasteiger partial charge on any atom is -0.367 e. The molecule has 0 saturated carbocycles. The summed E-state index contributed by atoms with van der Waals surface area (Å²) in [6.45, 7) is 7.94. The lowest BCUT2D eigenvalue weighted by atomic mass is 9.86. The Hall–Kier alpha value is -0.800. The number of hydrogen-bond donors (Lipinski definition) is 3. The van der Waals surface area contributed by atoms with Gasteiger partial charge in [-0.1, -0.05) is 13.8 Å². The summed E-state index contributed by atoms with van der Waals surface area (Å²) in [5.74, 6) is 0. The van der Waals surface area contributed by atoms with Crippen molar-refractivity contribution in [3.8, 4) is 0 Å². The van der Waals surface area contributed by atoms with E-state index in [-0.39, 0.29) is 5.41 Å². The van der Waals surface area contributed by atoms with E-state index in [0.29, 0.717) is 0 Å². The van der Waals surface area contributed by atoms with E-state index in [9.17, 15) is 0 Å². The van der Waals surface area contributed by atoms with Crippen molar-refractivity contribution in [1.29, 1.82) is 0 Å². The average Bonchev–Trinajstić information content (AvgIpc) is 2.97. The molecule has 1 aromatic heterocycles. The lowest BCUT2D eigenvalue weighted by Crippen LogP contribution is -2.35. The zero-order chi connectivity index (χ0) is 12.1. The van der Waals surface area contributed by atoms with Crippen LogP contribution in [0.4, 0.5) is 0 Å². The number of hydrogen-bond acceptors (Lipinski definition) is 2. The molecule has 3 N–H and O–H groups in total. The largest absolute Gasteiger partial charge is 0.367 e. The van der Waals surface area contributed by atoms with Gasteiger partial charge < -0.3 is 15.6 Å². The Morgan fingerprint density at radius 2 is 2.35 bits per heavy atom. The van der Waals surface area contributed by atoms with Gasteiger partial charge in [0.2, 0.25) is 0 Å². The molecule has 1 aromatic rings. The second-order valence-electron chi connectivity index (χ2n) is 5.74. The molecule has 1 unspecified atom stereocenters. The molecule has 0 spiro atoms. The molecule has 2 heterocycles. The molecular formula is C14H25N3. The number of rotatable bonds is 6. The van der Waals surface area contributed by atoms with E-state index in [1.807, 2.05) is 6.20 Å². The molecule has 3 nitrogen and oxygen atoms in total. The van der Waals surface area contributed by atoms with Gasteiger partial charge in [0.05, 0.1) is 0 Å². The van der Waals surface area contributed by atoms with E-state index >= 15 is 0 Å². The molecule has 0 amide bonds. The van der Waals surface area contributed by atoms with E-state index in [0.717, 1.165) is 19.1 Å². The predicted molar refractivity (Wildman–Crippen MR) is 72.3 cm³/mol. The van der Waals surface area contributed by atoms with Crippen LogP contribution in [-0.2, 0) is 5.41 Å². The maximum atomic E-state index is 3.59. The summed E-state index contributed by atoms with van der Waals surface area (Å²) in [5, 5.41) is 7.12. The van der Waals surface area contributed by atoms with Crippen LogP contribution in [0.5, 0.6) is 0 Å². The monoisotopic (exact) mass is 235 g/mol. The molecule has 1 saturated heterocycles. The second kappa shape index (κ2) is 5.69. The highest BCUT2D eigenvalue weighted by Gasteiger charge is 2.20. The first kappa shape index (κ1) is 12.7. The van der Waals surface area contributed by atoms with Gasteiger partial charge in [0.1, 0.15) is 0 Å². The zero-order valence-corrected chi connectivity index (χ0v) is 11.1. The first-order valence-electron chi connectivity index (χ1n) is 6.76. The number of aromatic amines is 1. The van der Waals surface area contributed by atoms with Crippen molar-refractivity contribution in [2.75, 3.05) is 19.6 Å². The Morgan fingerprint density at radius 1 is 1.47 bits per heavy atom. The van der Waals surface area contributed by atoms with Gasteiger partial charge in [-0.2, -0.15) is 0 Å². The third-order valence-corrected chi connectivity index (χ3v) is 3.78. The molecule has 17 heavy (non-hydrogen) atoms. The molecule has 3 heteroatoms. The maximum Gasteiger partial charge on any atom is 0.00796 e. The summed E-state index contributed by atoms with van der Waals surface area (Å²) < 4.78 is 0. The Labute approximate surface area is 104 Å². The summed E-state index contributed by atoms with van der Waals surface area (Å²) in [6.07, 6.45) is 8.05. The summed E-state index contributed by atoms with van der Waals surface area (Å²) in [7, 11) is 0. The van der Waals surface area contributed by atoms with Gasteiger partial charge in [0, 0.05) is 30.4 Å². The van der Waals surface area contributed by atoms with Gasteiger partial charge in [0.25, 0.3) is 0 Å². The fraction of sp³-hybridized carbons (Fsp3) is 0.714. The molecule has 1 aliphatic rings. The van der Waals surface area contributed by atoms with Crippen molar-refractivity contribution in [2.24, 2.45) is 0 Å². The minimum absolute atomic E-state index is 0.211. The SMILES string of the molecule is CC(C)(CNCCC1CCCN1)c1cc[nH]c1. The standard InChI is InChI=1S/C14H25N3/c1-14(2,12-5-8-15-10-12)11-16-9-6-13-4-3-7-17-13/h5,8,10,13,15-17H,3-4,6-7,9,11H2,1-2H3. The van der Waals surface area contributed by atoms with Gasteiger partial charge in [-0.05, 0) is 44.0 Å². The van der Waals surface area contributed by atoms with Crippen LogP contribution >= 0.6 is 0 Å². The lowest BCUT2D eigenvalue weighted by molar-refractivity contribution is 0.447. The predicted octanol–water partition coefficient (Wildman–Crippen LogP) is 2.02. The highest BCUT2D eigenvalue weighted by molar-refractivity contribution is 5.20. The summed E-state index contributed by atoms with van der Waals surface area (Å²) in [4.78, 5) is 3.13. The molecule has 96 valence electrons. The van der Waals surface area contributed by atoms with E-state index in [4.69, 9.17) is 0 Å². The fourth-order valence-electron chi connectivity index (χ4n) is 2.53. The Bertz CT molecular complexity index is 310. The van der Waals surface area contributed by atoms with Crippen LogP contribution in [0.25, 0.3) is 0 Å². The van der Waals surface area contributed by atoms with Crippen LogP contribution in [0.15, 0.2) is 18.5 Å². The number of nitrogens with one attached hydrogen (secondary N) is 3. The van der Waals surface area contributed by atoms with E-state index in [1.54, 1.807) is 0 Å². The van der Waals surface area contributed by atoms with E-state index in [1.165, 1.54) is 31.4 Å². The van der Waals surface area contributed by atoms with Crippen LogP contribution in [-0.4, -0.2) is 30.7 Å². The Kier molecular flexibility index (Phi) is 4.24. The van der Waals surface area contributed by atoms with Crippen molar-refractivity contribution in [3.05, 3.63) is 24.0 Å². The quantitative estimate of drug-likeness (QED) is 0.660. The summed E-state index contributed by atoms with van der Waals surface area (Å²) in [6, 6.07) is 2.91. The lowest BCUT2D eigenvalue weighted by Gasteiger charge is -2.24. The third-order valence-electron chi connectivity index (χ3n) is 3.78. The molecule has 0 radical (unpaired) electrons. The highest BCUT2D eigenvalue weighted by atomic mass is 15.0. The normalized spacial score (nSPS) is 20.9. The van der Waals surface area contributed by atoms with E-state index < -0.39 is 0 Å². The zero-order valence-electron chi connectivity index (χ0n) is 11.1. The number of H-pyrrole nitrogens is 1. The molecule has 1 fully saturated rings. The Balaban J connectivity index is 1.67. The fourth-order valence-corrected chi connectivity index (χ4v) is 2.53. The van der Waals surface area contributed by atoms with Gasteiger partial charge in [-0.15, -0.1) is 0 Å². The van der Waals surface area contributed by atoms with Crippen molar-refractivity contribution in [2.45, 2.75) is 44.6 Å². The van der Waals surface area contributed by atoms with Gasteiger partial charge in [-0.25, -0.2) is 0 Å². The molecular weight excluding hydrogens is 210 g/mol. The molecule has 0 aromatic carbocycles. The van der Waals surface area contributed by atoms with Crippen LogP contribution in [0, 0.1) is 0 Å². The van der Waals surface area contributed by atoms with Gasteiger partial charge in [0.15, 0.2) is 0 Å². The third kappa shape index (κ3) is 3.58. The van der Waals surface area contributed by atoms with Gasteiger partial charge >= 0.3 is 0 Å². The first-order valence-corrected chi connectivity index (χ1v) is 6.76. The summed E-state index contributed by atoms with van der Waals surface area (Å²) >= 11 is 0. The Morgan fingerprint density at radius 3 is 3.00 bits per heavy atom. The van der Waals surface area contributed by atoms with Crippen molar-refractivity contribution in [3.63, 3.8) is 0 Å². The van der Waals surface area contributed by atoms with Crippen molar-refractivity contribution in [1.82, 2.24) is 15.6 Å². The molecule has 0 bridgehead atoms. The average molecular weight is 235 g/mol. The maximum absolute atomic E-state index is 3.59. The second-order valence-corrected chi connectivity index (χ2v) is 5.74.